The zero-order chi connectivity index (χ0) is 19.6. The van der Waals surface area contributed by atoms with Crippen LogP contribution >= 0.6 is 0 Å². The lowest BCUT2D eigenvalue weighted by molar-refractivity contribution is -0.148. The van der Waals surface area contributed by atoms with Crippen molar-refractivity contribution in [3.05, 3.63) is 0 Å². The Bertz CT molecular complexity index is 339. The number of rotatable bonds is 17. The molecule has 0 saturated carbocycles. The summed E-state index contributed by atoms with van der Waals surface area (Å²) in [5.74, 6) is 0.900. The molecule has 0 aliphatic carbocycles. The smallest absolute Gasteiger partial charge is 0.308 e. The fraction of sp³-hybridized carbons (Fsp3) is 0.960. The summed E-state index contributed by atoms with van der Waals surface area (Å²) in [6.45, 7) is 5.22. The van der Waals surface area contributed by atoms with Crippen LogP contribution in [0.15, 0.2) is 0 Å². The summed E-state index contributed by atoms with van der Waals surface area (Å²) in [6, 6.07) is 0. The number of carbonyl (C=O) groups is 1. The molecule has 1 saturated heterocycles. The minimum absolute atomic E-state index is 0.0967. The van der Waals surface area contributed by atoms with Crippen LogP contribution in [-0.4, -0.2) is 12.6 Å². The third kappa shape index (κ3) is 13.3. The third-order valence-corrected chi connectivity index (χ3v) is 6.34. The Balaban J connectivity index is 2.03. The lowest BCUT2D eigenvalue weighted by atomic mass is 9.90. The zero-order valence-corrected chi connectivity index (χ0v) is 18.6. The highest BCUT2D eigenvalue weighted by atomic mass is 16.5. The van der Waals surface area contributed by atoms with Crippen LogP contribution in [0.4, 0.5) is 0 Å². The van der Waals surface area contributed by atoms with E-state index in [1.807, 2.05) is 0 Å². The van der Waals surface area contributed by atoms with Crippen molar-refractivity contribution >= 4 is 5.97 Å². The normalized spacial score (nSPS) is 20.4. The topological polar surface area (TPSA) is 26.3 Å². The molecule has 1 fully saturated rings. The summed E-state index contributed by atoms with van der Waals surface area (Å²) >= 11 is 0. The lowest BCUT2D eigenvalue weighted by Gasteiger charge is -2.12. The Morgan fingerprint density at radius 3 is 1.70 bits per heavy atom. The summed E-state index contributed by atoms with van der Waals surface area (Å²) in [6.07, 6.45) is 24.8. The van der Waals surface area contributed by atoms with Crippen LogP contribution in [0.3, 0.4) is 0 Å². The lowest BCUT2D eigenvalue weighted by Crippen LogP contribution is -2.16. The van der Waals surface area contributed by atoms with E-state index in [-0.39, 0.29) is 11.9 Å². The maximum absolute atomic E-state index is 12.2. The number of hydrogen-bond donors (Lipinski definition) is 0. The first-order chi connectivity index (χ1) is 13.3. The van der Waals surface area contributed by atoms with E-state index >= 15 is 0 Å². The van der Waals surface area contributed by atoms with Crippen molar-refractivity contribution < 1.29 is 9.53 Å². The van der Waals surface area contributed by atoms with Crippen LogP contribution in [0.25, 0.3) is 0 Å². The first-order valence-corrected chi connectivity index (χ1v) is 12.4. The molecule has 2 nitrogen and oxygen atoms in total. The first-order valence-electron chi connectivity index (χ1n) is 12.4. The van der Waals surface area contributed by atoms with Crippen LogP contribution in [0, 0.1) is 11.8 Å². The van der Waals surface area contributed by atoms with E-state index in [1.54, 1.807) is 0 Å². The Morgan fingerprint density at radius 2 is 1.15 bits per heavy atom. The van der Waals surface area contributed by atoms with Crippen LogP contribution in [0.1, 0.15) is 136 Å². The molecule has 0 amide bonds. The van der Waals surface area contributed by atoms with Gasteiger partial charge in [0.1, 0.15) is 0 Å². The van der Waals surface area contributed by atoms with E-state index in [4.69, 9.17) is 4.74 Å². The highest BCUT2D eigenvalue weighted by molar-refractivity contribution is 5.72. The van der Waals surface area contributed by atoms with Crippen molar-refractivity contribution in [1.82, 2.24) is 0 Å². The second-order valence-electron chi connectivity index (χ2n) is 8.94. The molecule has 1 heterocycles. The molecule has 2 unspecified atom stereocenters. The van der Waals surface area contributed by atoms with Crippen LogP contribution < -0.4 is 0 Å². The molecule has 0 aromatic heterocycles. The fourth-order valence-electron chi connectivity index (χ4n) is 4.36. The van der Waals surface area contributed by atoms with Gasteiger partial charge < -0.3 is 4.74 Å². The van der Waals surface area contributed by atoms with Crippen molar-refractivity contribution in [2.45, 2.75) is 136 Å². The second kappa shape index (κ2) is 17.6. The van der Waals surface area contributed by atoms with Gasteiger partial charge >= 0.3 is 5.97 Å². The van der Waals surface area contributed by atoms with Gasteiger partial charge in [0.05, 0.1) is 12.5 Å². The Labute approximate surface area is 170 Å². The van der Waals surface area contributed by atoms with Gasteiger partial charge in [-0.25, -0.2) is 0 Å². The minimum atomic E-state index is 0.0967. The van der Waals surface area contributed by atoms with Crippen molar-refractivity contribution in [1.29, 1.82) is 0 Å². The fourth-order valence-corrected chi connectivity index (χ4v) is 4.36. The molecule has 0 N–H and O–H groups in total. The number of ether oxygens (including phenoxy) is 1. The van der Waals surface area contributed by atoms with Gasteiger partial charge in [-0.05, 0) is 31.6 Å². The molecular formula is C25H48O2. The molecule has 0 bridgehead atoms. The average Bonchev–Trinajstić information content (AvgIpc) is 2.85. The summed E-state index contributed by atoms with van der Waals surface area (Å²) in [5.41, 5.74) is 0. The minimum Gasteiger partial charge on any atom is -0.465 e. The van der Waals surface area contributed by atoms with Crippen LogP contribution in [0.5, 0.6) is 0 Å². The van der Waals surface area contributed by atoms with Crippen LogP contribution in [-0.2, 0) is 9.53 Å². The average molecular weight is 381 g/mol. The predicted octanol–water partition coefficient (Wildman–Crippen LogP) is 8.23. The van der Waals surface area contributed by atoms with Gasteiger partial charge in [0.2, 0.25) is 0 Å². The van der Waals surface area contributed by atoms with Crippen molar-refractivity contribution in [2.24, 2.45) is 11.8 Å². The van der Waals surface area contributed by atoms with E-state index < -0.39 is 0 Å². The number of unbranched alkanes of at least 4 members (excludes halogenated alkanes) is 13. The molecule has 1 aliphatic heterocycles. The molecule has 0 aromatic rings. The van der Waals surface area contributed by atoms with Gasteiger partial charge in [-0.15, -0.1) is 0 Å². The first kappa shape index (κ1) is 24.5. The maximum Gasteiger partial charge on any atom is 0.308 e. The summed E-state index contributed by atoms with van der Waals surface area (Å²) in [5, 5.41) is 0. The molecule has 0 aromatic carbocycles. The maximum atomic E-state index is 12.2. The summed E-state index contributed by atoms with van der Waals surface area (Å²) in [7, 11) is 0. The number of cyclic esters (lactones) is 1. The quantitative estimate of drug-likeness (QED) is 0.188. The number of carbonyl (C=O) groups excluding carboxylic acids is 1. The van der Waals surface area contributed by atoms with Crippen molar-refractivity contribution in [2.75, 3.05) is 6.61 Å². The molecule has 0 radical (unpaired) electrons. The SMILES string of the molecule is CCCCCCCCCCC1CCC(CCCCCCCCC)C(=O)OC1. The van der Waals surface area contributed by atoms with Gasteiger partial charge in [-0.3, -0.25) is 4.79 Å². The molecule has 160 valence electrons. The Hall–Kier alpha value is -0.530. The molecule has 1 rings (SSSR count). The van der Waals surface area contributed by atoms with E-state index in [2.05, 4.69) is 13.8 Å². The highest BCUT2D eigenvalue weighted by Crippen LogP contribution is 2.27. The number of esters is 1. The van der Waals surface area contributed by atoms with E-state index in [9.17, 15) is 4.79 Å². The van der Waals surface area contributed by atoms with Gasteiger partial charge in [0.25, 0.3) is 0 Å². The summed E-state index contributed by atoms with van der Waals surface area (Å²) in [4.78, 5) is 12.2. The van der Waals surface area contributed by atoms with E-state index in [0.29, 0.717) is 12.5 Å². The Kier molecular flexibility index (Phi) is 15.9. The second-order valence-corrected chi connectivity index (χ2v) is 8.94. The number of hydrogen-bond acceptors (Lipinski definition) is 2. The van der Waals surface area contributed by atoms with E-state index in [0.717, 1.165) is 12.8 Å². The summed E-state index contributed by atoms with van der Waals surface area (Å²) < 4.78 is 5.62. The van der Waals surface area contributed by atoms with Gasteiger partial charge in [-0.2, -0.15) is 0 Å². The third-order valence-electron chi connectivity index (χ3n) is 6.34. The van der Waals surface area contributed by atoms with Gasteiger partial charge in [-0.1, -0.05) is 110 Å². The molecule has 2 atom stereocenters. The monoisotopic (exact) mass is 380 g/mol. The molecule has 0 spiro atoms. The molecular weight excluding hydrogens is 332 g/mol. The highest BCUT2D eigenvalue weighted by Gasteiger charge is 2.26. The Morgan fingerprint density at radius 1 is 0.667 bits per heavy atom. The van der Waals surface area contributed by atoms with Crippen molar-refractivity contribution in [3.8, 4) is 0 Å². The molecule has 27 heavy (non-hydrogen) atoms. The van der Waals surface area contributed by atoms with Gasteiger partial charge in [0.15, 0.2) is 0 Å². The molecule has 1 aliphatic rings. The zero-order valence-electron chi connectivity index (χ0n) is 18.6. The standard InChI is InChI=1S/C25H48O2/c1-3-5-7-9-11-13-14-16-18-23-20-21-24(25(26)27-22-23)19-17-15-12-10-8-6-4-2/h23-24H,3-22H2,1-2H3. The molecule has 2 heteroatoms. The predicted molar refractivity (Wildman–Crippen MR) is 117 cm³/mol. The van der Waals surface area contributed by atoms with Crippen molar-refractivity contribution in [3.63, 3.8) is 0 Å². The van der Waals surface area contributed by atoms with Crippen LogP contribution in [0.2, 0.25) is 0 Å². The van der Waals surface area contributed by atoms with E-state index in [1.165, 1.54) is 109 Å². The largest absolute Gasteiger partial charge is 0.465 e. The van der Waals surface area contributed by atoms with Gasteiger partial charge in [0, 0.05) is 0 Å².